The van der Waals surface area contributed by atoms with Gasteiger partial charge in [0.25, 0.3) is 12.3 Å². The van der Waals surface area contributed by atoms with E-state index in [2.05, 4.69) is 17.1 Å². The summed E-state index contributed by atoms with van der Waals surface area (Å²) in [4.78, 5) is 29.7. The van der Waals surface area contributed by atoms with Crippen molar-refractivity contribution in [2.45, 2.75) is 58.5 Å². The second-order valence-corrected chi connectivity index (χ2v) is 9.71. The van der Waals surface area contributed by atoms with E-state index in [1.165, 1.54) is 30.3 Å². The number of anilines is 1. The van der Waals surface area contributed by atoms with Crippen LogP contribution in [0, 0.1) is 18.7 Å². The highest BCUT2D eigenvalue weighted by molar-refractivity contribution is 6.04. The molecule has 1 saturated carbocycles. The lowest BCUT2D eigenvalue weighted by atomic mass is 10.0. The fourth-order valence-corrected chi connectivity index (χ4v) is 5.19. The van der Waals surface area contributed by atoms with Crippen molar-refractivity contribution < 1.29 is 22.8 Å². The minimum Gasteiger partial charge on any atom is -0.337 e. The second-order valence-electron chi connectivity index (χ2n) is 9.71. The molecule has 1 saturated heterocycles. The smallest absolute Gasteiger partial charge is 0.263 e. The molecule has 1 heterocycles. The Balaban J connectivity index is 1.43. The molecule has 2 amide bonds. The molecule has 5 nitrogen and oxygen atoms in total. The topological polar surface area (TPSA) is 52.6 Å². The number of rotatable bonds is 6. The van der Waals surface area contributed by atoms with Gasteiger partial charge in [-0.15, -0.1) is 0 Å². The Bertz CT molecular complexity index is 1090. The average Bonchev–Trinajstić information content (AvgIpc) is 3.37. The van der Waals surface area contributed by atoms with Gasteiger partial charge in [-0.2, -0.15) is 0 Å². The van der Waals surface area contributed by atoms with Crippen molar-refractivity contribution in [2.24, 2.45) is 5.92 Å². The standard InChI is InChI=1S/C27H32F3N3O2/c1-17-15-32(10-11-33(17)27(35)19-6-3-4-7-19)16-22-13-23(28)14-24(18(22)2)31-26(34)21-9-5-8-20(12-21)25(29)30/h5,8-9,12-14,17,19,25H,3-4,6-7,10-11,15-16H2,1-2H3,(H,31,34)/t17-/m0/s1. The van der Waals surface area contributed by atoms with Gasteiger partial charge in [0, 0.05) is 55.0 Å². The number of hydrogen-bond acceptors (Lipinski definition) is 3. The molecule has 8 heteroatoms. The molecular weight excluding hydrogens is 455 g/mol. The molecular formula is C27H32F3N3O2. The number of carbonyl (C=O) groups excluding carboxylic acids is 2. The zero-order valence-electron chi connectivity index (χ0n) is 20.2. The first kappa shape index (κ1) is 25.2. The first-order valence-electron chi connectivity index (χ1n) is 12.2. The lowest BCUT2D eigenvalue weighted by Gasteiger charge is -2.41. The molecule has 0 unspecified atom stereocenters. The summed E-state index contributed by atoms with van der Waals surface area (Å²) in [6.07, 6.45) is 1.53. The van der Waals surface area contributed by atoms with Crippen LogP contribution in [-0.2, 0) is 11.3 Å². The molecule has 1 aliphatic heterocycles. The highest BCUT2D eigenvalue weighted by Gasteiger charge is 2.33. The predicted molar refractivity (Wildman–Crippen MR) is 129 cm³/mol. The van der Waals surface area contributed by atoms with E-state index in [9.17, 15) is 22.8 Å². The average molecular weight is 488 g/mol. The number of piperazine rings is 1. The van der Waals surface area contributed by atoms with E-state index in [-0.39, 0.29) is 29.0 Å². The molecule has 1 aliphatic carbocycles. The molecule has 1 N–H and O–H groups in total. The number of amides is 2. The molecule has 2 aromatic rings. The summed E-state index contributed by atoms with van der Waals surface area (Å²) in [5.41, 5.74) is 1.63. The van der Waals surface area contributed by atoms with Gasteiger partial charge in [0.05, 0.1) is 0 Å². The van der Waals surface area contributed by atoms with E-state index in [4.69, 9.17) is 0 Å². The van der Waals surface area contributed by atoms with Gasteiger partial charge in [0.2, 0.25) is 5.91 Å². The van der Waals surface area contributed by atoms with Crippen molar-refractivity contribution >= 4 is 17.5 Å². The SMILES string of the molecule is Cc1c(CN2CCN(C(=O)C3CCCC3)[C@@H](C)C2)cc(F)cc1NC(=O)c1cccc(C(F)F)c1. The Morgan fingerprint density at radius 1 is 1.11 bits per heavy atom. The molecule has 1 atom stereocenters. The van der Waals surface area contributed by atoms with E-state index in [0.29, 0.717) is 31.9 Å². The van der Waals surface area contributed by atoms with Crippen molar-refractivity contribution in [3.63, 3.8) is 0 Å². The number of alkyl halides is 2. The van der Waals surface area contributed by atoms with Crippen LogP contribution in [0.25, 0.3) is 0 Å². The Labute approximate surface area is 204 Å². The number of nitrogens with zero attached hydrogens (tertiary/aromatic N) is 2. The zero-order valence-corrected chi connectivity index (χ0v) is 20.2. The third-order valence-corrected chi connectivity index (χ3v) is 7.22. The van der Waals surface area contributed by atoms with Crippen molar-refractivity contribution in [3.8, 4) is 0 Å². The van der Waals surface area contributed by atoms with Gasteiger partial charge in [0.1, 0.15) is 5.82 Å². The molecule has 35 heavy (non-hydrogen) atoms. The number of benzene rings is 2. The molecule has 188 valence electrons. The third-order valence-electron chi connectivity index (χ3n) is 7.22. The van der Waals surface area contributed by atoms with Crippen LogP contribution in [0.3, 0.4) is 0 Å². The van der Waals surface area contributed by atoms with Crippen LogP contribution in [0.15, 0.2) is 36.4 Å². The predicted octanol–water partition coefficient (Wildman–Crippen LogP) is 5.55. The fourth-order valence-electron chi connectivity index (χ4n) is 5.19. The van der Waals surface area contributed by atoms with E-state index in [0.717, 1.165) is 42.9 Å². The van der Waals surface area contributed by atoms with Crippen LogP contribution in [-0.4, -0.2) is 47.3 Å². The summed E-state index contributed by atoms with van der Waals surface area (Å²) in [6.45, 7) is 6.38. The van der Waals surface area contributed by atoms with Gasteiger partial charge < -0.3 is 10.2 Å². The van der Waals surface area contributed by atoms with Gasteiger partial charge in [0.15, 0.2) is 0 Å². The maximum absolute atomic E-state index is 14.5. The van der Waals surface area contributed by atoms with Crippen LogP contribution in [0.1, 0.15) is 66.1 Å². The summed E-state index contributed by atoms with van der Waals surface area (Å²) in [6, 6.07) is 8.03. The fraction of sp³-hybridized carbons (Fsp3) is 0.481. The molecule has 0 aromatic heterocycles. The number of hydrogen-bond donors (Lipinski definition) is 1. The van der Waals surface area contributed by atoms with Crippen LogP contribution >= 0.6 is 0 Å². The van der Waals surface area contributed by atoms with Crippen LogP contribution in [0.5, 0.6) is 0 Å². The minimum absolute atomic E-state index is 0.0759. The molecule has 2 aromatic carbocycles. The van der Waals surface area contributed by atoms with Crippen molar-refractivity contribution in [3.05, 3.63) is 64.5 Å². The second kappa shape index (κ2) is 10.8. The van der Waals surface area contributed by atoms with Crippen molar-refractivity contribution in [1.82, 2.24) is 9.80 Å². The zero-order chi connectivity index (χ0) is 25.1. The number of carbonyl (C=O) groups is 2. The Morgan fingerprint density at radius 2 is 1.86 bits per heavy atom. The maximum atomic E-state index is 14.5. The summed E-state index contributed by atoms with van der Waals surface area (Å²) in [5, 5.41) is 2.68. The highest BCUT2D eigenvalue weighted by atomic mass is 19.3. The summed E-state index contributed by atoms with van der Waals surface area (Å²) >= 11 is 0. The first-order chi connectivity index (χ1) is 16.7. The summed E-state index contributed by atoms with van der Waals surface area (Å²) in [7, 11) is 0. The van der Waals surface area contributed by atoms with Gasteiger partial charge in [-0.05, 0) is 62.1 Å². The van der Waals surface area contributed by atoms with E-state index < -0.39 is 18.1 Å². The molecule has 0 radical (unpaired) electrons. The quantitative estimate of drug-likeness (QED) is 0.582. The molecule has 2 fully saturated rings. The van der Waals surface area contributed by atoms with Crippen LogP contribution in [0.4, 0.5) is 18.9 Å². The molecule has 2 aliphatic rings. The number of halogens is 3. The Kier molecular flexibility index (Phi) is 7.79. The van der Waals surface area contributed by atoms with Crippen LogP contribution in [0.2, 0.25) is 0 Å². The van der Waals surface area contributed by atoms with Gasteiger partial charge in [-0.1, -0.05) is 25.0 Å². The Morgan fingerprint density at radius 3 is 2.54 bits per heavy atom. The summed E-state index contributed by atoms with van der Waals surface area (Å²) < 4.78 is 40.5. The Hall–Kier alpha value is -2.87. The molecule has 0 spiro atoms. The first-order valence-corrected chi connectivity index (χ1v) is 12.2. The molecule has 0 bridgehead atoms. The largest absolute Gasteiger partial charge is 0.337 e. The van der Waals surface area contributed by atoms with E-state index >= 15 is 0 Å². The van der Waals surface area contributed by atoms with E-state index in [1.54, 1.807) is 0 Å². The van der Waals surface area contributed by atoms with Crippen LogP contribution < -0.4 is 5.32 Å². The number of nitrogens with one attached hydrogen (secondary N) is 1. The maximum Gasteiger partial charge on any atom is 0.263 e. The van der Waals surface area contributed by atoms with E-state index in [1.807, 2.05) is 11.8 Å². The summed E-state index contributed by atoms with van der Waals surface area (Å²) in [5.74, 6) is -0.635. The molecule has 4 rings (SSSR count). The van der Waals surface area contributed by atoms with Gasteiger partial charge >= 0.3 is 0 Å². The van der Waals surface area contributed by atoms with Crippen molar-refractivity contribution in [2.75, 3.05) is 25.0 Å². The lowest BCUT2D eigenvalue weighted by Crippen LogP contribution is -2.54. The monoisotopic (exact) mass is 487 g/mol. The minimum atomic E-state index is -2.68. The van der Waals surface area contributed by atoms with Gasteiger partial charge in [-0.25, -0.2) is 13.2 Å². The third kappa shape index (κ3) is 5.86. The van der Waals surface area contributed by atoms with Crippen molar-refractivity contribution in [1.29, 1.82) is 0 Å². The normalized spacial score (nSPS) is 19.4. The highest BCUT2D eigenvalue weighted by Crippen LogP contribution is 2.29. The van der Waals surface area contributed by atoms with Gasteiger partial charge in [-0.3, -0.25) is 14.5 Å². The lowest BCUT2D eigenvalue weighted by molar-refractivity contribution is -0.140.